The van der Waals surface area contributed by atoms with Gasteiger partial charge in [-0.1, -0.05) is 12.1 Å². The zero-order valence-corrected chi connectivity index (χ0v) is 9.30. The number of carboxylic acids is 1. The fourth-order valence-corrected chi connectivity index (χ4v) is 1.75. The molecular formula is C12H12O5. The summed E-state index contributed by atoms with van der Waals surface area (Å²) in [5.41, 5.74) is -1.17. The number of carboxylic acid groups (broad SMARTS) is 1. The third-order valence-electron chi connectivity index (χ3n) is 2.89. The maximum absolute atomic E-state index is 12.2. The molecule has 0 bridgehead atoms. The molecule has 0 spiro atoms. The summed E-state index contributed by atoms with van der Waals surface area (Å²) in [7, 11) is 1.44. The van der Waals surface area contributed by atoms with E-state index in [0.717, 1.165) is 0 Å². The summed E-state index contributed by atoms with van der Waals surface area (Å²) in [6.07, 6.45) is 0. The number of hydrogen-bond acceptors (Lipinski definition) is 4. The van der Waals surface area contributed by atoms with Crippen LogP contribution in [0.1, 0.15) is 10.4 Å². The Bertz CT molecular complexity index is 462. The van der Waals surface area contributed by atoms with Crippen molar-refractivity contribution in [3.05, 3.63) is 29.8 Å². The predicted molar refractivity (Wildman–Crippen MR) is 58.2 cm³/mol. The van der Waals surface area contributed by atoms with Gasteiger partial charge in [-0.15, -0.1) is 0 Å². The van der Waals surface area contributed by atoms with Crippen LogP contribution in [0.5, 0.6) is 5.75 Å². The Labute approximate surface area is 98.0 Å². The van der Waals surface area contributed by atoms with Crippen molar-refractivity contribution in [1.82, 2.24) is 0 Å². The van der Waals surface area contributed by atoms with Crippen molar-refractivity contribution in [2.45, 2.75) is 0 Å². The normalized spacial score (nSPS) is 17.0. The van der Waals surface area contributed by atoms with E-state index in [4.69, 9.17) is 14.6 Å². The number of carbonyl (C=O) groups excluding carboxylic acids is 1. The standard InChI is InChI=1S/C12H12O5/c1-16-9-5-3-2-4-8(9)10(13)12(11(14)15)6-17-7-12/h2-5H,6-7H2,1H3,(H,14,15). The highest BCUT2D eigenvalue weighted by atomic mass is 16.5. The second-order valence-electron chi connectivity index (χ2n) is 3.91. The van der Waals surface area contributed by atoms with E-state index >= 15 is 0 Å². The van der Waals surface area contributed by atoms with Gasteiger partial charge in [-0.3, -0.25) is 9.59 Å². The molecule has 2 rings (SSSR count). The second-order valence-corrected chi connectivity index (χ2v) is 3.91. The van der Waals surface area contributed by atoms with Crippen LogP contribution in [0.3, 0.4) is 0 Å². The highest BCUT2D eigenvalue weighted by Crippen LogP contribution is 2.34. The van der Waals surface area contributed by atoms with Crippen molar-refractivity contribution < 1.29 is 24.2 Å². The number of Topliss-reactive ketones (excluding diaryl/α,β-unsaturated/α-hetero) is 1. The number of ketones is 1. The lowest BCUT2D eigenvalue weighted by atomic mass is 9.78. The van der Waals surface area contributed by atoms with Gasteiger partial charge in [-0.05, 0) is 12.1 Å². The van der Waals surface area contributed by atoms with Crippen LogP contribution >= 0.6 is 0 Å². The fourth-order valence-electron chi connectivity index (χ4n) is 1.75. The molecule has 1 saturated heterocycles. The molecule has 1 aliphatic rings. The number of para-hydroxylation sites is 1. The molecule has 1 heterocycles. The molecule has 0 saturated carbocycles. The molecule has 5 heteroatoms. The Morgan fingerprint density at radius 3 is 2.47 bits per heavy atom. The number of hydrogen-bond donors (Lipinski definition) is 1. The summed E-state index contributed by atoms with van der Waals surface area (Å²) in [6, 6.07) is 6.58. The molecule has 0 aliphatic carbocycles. The molecule has 5 nitrogen and oxygen atoms in total. The van der Waals surface area contributed by atoms with Crippen LogP contribution < -0.4 is 4.74 Å². The number of carbonyl (C=O) groups is 2. The van der Waals surface area contributed by atoms with E-state index in [1.54, 1.807) is 24.3 Å². The number of benzene rings is 1. The van der Waals surface area contributed by atoms with Gasteiger partial charge in [0.15, 0.2) is 11.2 Å². The summed E-state index contributed by atoms with van der Waals surface area (Å²) in [4.78, 5) is 23.4. The van der Waals surface area contributed by atoms with Crippen molar-refractivity contribution in [1.29, 1.82) is 0 Å². The van der Waals surface area contributed by atoms with Crippen molar-refractivity contribution in [2.24, 2.45) is 5.41 Å². The van der Waals surface area contributed by atoms with Gasteiger partial charge in [0.1, 0.15) is 5.75 Å². The highest BCUT2D eigenvalue weighted by molar-refractivity contribution is 6.14. The molecule has 1 fully saturated rings. The SMILES string of the molecule is COc1ccccc1C(=O)C1(C(=O)O)COC1. The summed E-state index contributed by atoms with van der Waals surface area (Å²) in [5, 5.41) is 9.14. The molecule has 0 atom stereocenters. The van der Waals surface area contributed by atoms with E-state index in [2.05, 4.69) is 0 Å². The Kier molecular flexibility index (Phi) is 2.85. The Morgan fingerprint density at radius 2 is 2.00 bits per heavy atom. The van der Waals surface area contributed by atoms with Crippen molar-refractivity contribution >= 4 is 11.8 Å². The molecule has 1 aliphatic heterocycles. The third-order valence-corrected chi connectivity index (χ3v) is 2.89. The van der Waals surface area contributed by atoms with Gasteiger partial charge in [0.25, 0.3) is 0 Å². The Hall–Kier alpha value is -1.88. The number of ether oxygens (including phenoxy) is 2. The first-order chi connectivity index (χ1) is 8.12. The van der Waals surface area contributed by atoms with Gasteiger partial charge >= 0.3 is 5.97 Å². The topological polar surface area (TPSA) is 72.8 Å². The lowest BCUT2D eigenvalue weighted by Crippen LogP contribution is -2.54. The summed E-state index contributed by atoms with van der Waals surface area (Å²) in [5.74, 6) is -1.24. The van der Waals surface area contributed by atoms with Gasteiger partial charge < -0.3 is 14.6 Å². The van der Waals surface area contributed by atoms with E-state index in [1.165, 1.54) is 7.11 Å². The molecule has 0 amide bonds. The van der Waals surface area contributed by atoms with Crippen molar-refractivity contribution in [3.63, 3.8) is 0 Å². The van der Waals surface area contributed by atoms with Gasteiger partial charge in [-0.2, -0.15) is 0 Å². The average molecular weight is 236 g/mol. The van der Waals surface area contributed by atoms with Gasteiger partial charge in [0.2, 0.25) is 0 Å². The predicted octanol–water partition coefficient (Wildman–Crippen LogP) is 0.979. The van der Waals surface area contributed by atoms with Gasteiger partial charge in [-0.25, -0.2) is 0 Å². The van der Waals surface area contributed by atoms with Crippen molar-refractivity contribution in [2.75, 3.05) is 20.3 Å². The van der Waals surface area contributed by atoms with E-state index < -0.39 is 17.2 Å². The molecular weight excluding hydrogens is 224 g/mol. The lowest BCUT2D eigenvalue weighted by Gasteiger charge is -2.35. The minimum Gasteiger partial charge on any atom is -0.496 e. The number of rotatable bonds is 4. The number of methoxy groups -OCH3 is 1. The molecule has 0 unspecified atom stereocenters. The first-order valence-corrected chi connectivity index (χ1v) is 5.11. The quantitative estimate of drug-likeness (QED) is 0.623. The first kappa shape index (κ1) is 11.6. The minimum absolute atomic E-state index is 0.0841. The smallest absolute Gasteiger partial charge is 0.322 e. The van der Waals surface area contributed by atoms with Gasteiger partial charge in [0, 0.05) is 0 Å². The minimum atomic E-state index is -1.45. The zero-order valence-electron chi connectivity index (χ0n) is 9.30. The Balaban J connectivity index is 2.40. The maximum atomic E-state index is 12.2. The molecule has 0 aromatic heterocycles. The third kappa shape index (κ3) is 1.68. The van der Waals surface area contributed by atoms with Crippen molar-refractivity contribution in [3.8, 4) is 5.75 Å². The fraction of sp³-hybridized carbons (Fsp3) is 0.333. The number of aliphatic carboxylic acids is 1. The summed E-state index contributed by atoms with van der Waals surface area (Å²) in [6.45, 7) is -0.168. The summed E-state index contributed by atoms with van der Waals surface area (Å²) >= 11 is 0. The van der Waals surface area contributed by atoms with E-state index in [-0.39, 0.29) is 18.8 Å². The van der Waals surface area contributed by atoms with Gasteiger partial charge in [0.05, 0.1) is 25.9 Å². The largest absolute Gasteiger partial charge is 0.496 e. The molecule has 0 radical (unpaired) electrons. The van der Waals surface area contributed by atoms with E-state index in [0.29, 0.717) is 5.75 Å². The van der Waals surface area contributed by atoms with Crippen LogP contribution in [0.2, 0.25) is 0 Å². The molecule has 1 N–H and O–H groups in total. The van der Waals surface area contributed by atoms with Crippen LogP contribution in [-0.2, 0) is 9.53 Å². The molecule has 17 heavy (non-hydrogen) atoms. The van der Waals surface area contributed by atoms with Crippen LogP contribution in [-0.4, -0.2) is 37.2 Å². The van der Waals surface area contributed by atoms with Crippen LogP contribution in [0.4, 0.5) is 0 Å². The summed E-state index contributed by atoms with van der Waals surface area (Å²) < 4.78 is 9.93. The van der Waals surface area contributed by atoms with Crippen LogP contribution in [0, 0.1) is 5.41 Å². The molecule has 90 valence electrons. The highest BCUT2D eigenvalue weighted by Gasteiger charge is 2.53. The van der Waals surface area contributed by atoms with Crippen LogP contribution in [0.25, 0.3) is 0 Å². The second kappa shape index (κ2) is 4.18. The molecule has 1 aromatic rings. The van der Waals surface area contributed by atoms with E-state index in [1.807, 2.05) is 0 Å². The van der Waals surface area contributed by atoms with Crippen LogP contribution in [0.15, 0.2) is 24.3 Å². The lowest BCUT2D eigenvalue weighted by molar-refractivity contribution is -0.169. The Morgan fingerprint density at radius 1 is 1.35 bits per heavy atom. The first-order valence-electron chi connectivity index (χ1n) is 5.11. The average Bonchev–Trinajstić information content (AvgIpc) is 2.26. The maximum Gasteiger partial charge on any atom is 0.322 e. The monoisotopic (exact) mass is 236 g/mol. The zero-order chi connectivity index (χ0) is 12.5. The molecule has 1 aromatic carbocycles. The van der Waals surface area contributed by atoms with E-state index in [9.17, 15) is 9.59 Å².